The molecule has 4 rings (SSSR count). The summed E-state index contributed by atoms with van der Waals surface area (Å²) < 4.78 is 13.1. The maximum atomic E-state index is 6.59. The lowest BCUT2D eigenvalue weighted by molar-refractivity contribution is -0.110. The van der Waals surface area contributed by atoms with Crippen LogP contribution in [0, 0.1) is 5.92 Å². The zero-order valence-corrected chi connectivity index (χ0v) is 13.4. The third-order valence-corrected chi connectivity index (χ3v) is 6.15. The number of benzene rings is 1. The fourth-order valence-electron chi connectivity index (χ4n) is 4.62. The third-order valence-electron chi connectivity index (χ3n) is 6.15. The van der Waals surface area contributed by atoms with Gasteiger partial charge in [0.15, 0.2) is 0 Å². The van der Waals surface area contributed by atoms with E-state index in [1.807, 2.05) is 0 Å². The van der Waals surface area contributed by atoms with Crippen LogP contribution in [0.3, 0.4) is 0 Å². The monoisotopic (exact) mass is 286 g/mol. The van der Waals surface area contributed by atoms with E-state index in [0.29, 0.717) is 5.92 Å². The molecule has 0 aromatic heterocycles. The third kappa shape index (κ3) is 1.99. The smallest absolute Gasteiger partial charge is 0.0925 e. The van der Waals surface area contributed by atoms with Crippen molar-refractivity contribution in [3.05, 3.63) is 35.4 Å². The van der Waals surface area contributed by atoms with Crippen LogP contribution >= 0.6 is 0 Å². The molecule has 2 fully saturated rings. The molecule has 0 radical (unpaired) electrons. The largest absolute Gasteiger partial charge is 0.367 e. The van der Waals surface area contributed by atoms with E-state index in [2.05, 4.69) is 45.0 Å². The number of ether oxygens (including phenoxy) is 2. The molecule has 4 atom stereocenters. The second-order valence-corrected chi connectivity index (χ2v) is 7.69. The Kier molecular flexibility index (Phi) is 3.00. The molecule has 4 unspecified atom stereocenters. The van der Waals surface area contributed by atoms with Crippen LogP contribution in [-0.4, -0.2) is 17.3 Å². The Morgan fingerprint density at radius 3 is 2.81 bits per heavy atom. The number of fused-ring (bicyclic) bond motifs is 3. The summed E-state index contributed by atoms with van der Waals surface area (Å²) >= 11 is 0. The molecule has 2 aliphatic heterocycles. The van der Waals surface area contributed by atoms with Gasteiger partial charge in [-0.15, -0.1) is 0 Å². The number of rotatable bonds is 3. The zero-order chi connectivity index (χ0) is 14.7. The average molecular weight is 286 g/mol. The molecular weight excluding hydrogens is 260 g/mol. The molecule has 2 bridgehead atoms. The van der Waals surface area contributed by atoms with Gasteiger partial charge in [0.05, 0.1) is 23.4 Å². The van der Waals surface area contributed by atoms with E-state index in [9.17, 15) is 0 Å². The van der Waals surface area contributed by atoms with E-state index in [1.54, 1.807) is 0 Å². The van der Waals surface area contributed by atoms with Gasteiger partial charge in [0.25, 0.3) is 0 Å². The Labute approximate surface area is 127 Å². The van der Waals surface area contributed by atoms with Gasteiger partial charge in [0.2, 0.25) is 0 Å². The molecule has 1 aliphatic carbocycles. The molecule has 1 aromatic rings. The molecule has 2 nitrogen and oxygen atoms in total. The second kappa shape index (κ2) is 4.57. The molecule has 2 heteroatoms. The number of hydrogen-bond acceptors (Lipinski definition) is 2. The Balaban J connectivity index is 1.55. The van der Waals surface area contributed by atoms with Gasteiger partial charge in [-0.25, -0.2) is 0 Å². The van der Waals surface area contributed by atoms with E-state index in [0.717, 1.165) is 25.7 Å². The summed E-state index contributed by atoms with van der Waals surface area (Å²) in [6.45, 7) is 6.84. The molecule has 1 aromatic carbocycles. The van der Waals surface area contributed by atoms with Crippen molar-refractivity contribution in [2.24, 2.45) is 5.92 Å². The number of hydrogen-bond donors (Lipinski definition) is 0. The Hall–Kier alpha value is -0.860. The van der Waals surface area contributed by atoms with E-state index in [4.69, 9.17) is 9.47 Å². The lowest BCUT2D eigenvalue weighted by Crippen LogP contribution is -2.39. The second-order valence-electron chi connectivity index (χ2n) is 7.69. The van der Waals surface area contributed by atoms with E-state index in [1.165, 1.54) is 17.5 Å². The van der Waals surface area contributed by atoms with Gasteiger partial charge in [0, 0.05) is 6.42 Å². The normalized spacial score (nSPS) is 41.0. The molecule has 0 saturated carbocycles. The van der Waals surface area contributed by atoms with Crippen LogP contribution in [0.5, 0.6) is 0 Å². The highest BCUT2D eigenvalue weighted by Gasteiger charge is 2.61. The van der Waals surface area contributed by atoms with Crippen molar-refractivity contribution in [2.45, 2.75) is 76.3 Å². The molecule has 21 heavy (non-hydrogen) atoms. The lowest BCUT2D eigenvalue weighted by atomic mass is 9.75. The minimum absolute atomic E-state index is 0.0670. The molecule has 114 valence electrons. The van der Waals surface area contributed by atoms with Gasteiger partial charge < -0.3 is 9.47 Å². The Morgan fingerprint density at radius 2 is 2.05 bits per heavy atom. The zero-order valence-electron chi connectivity index (χ0n) is 13.4. The van der Waals surface area contributed by atoms with Gasteiger partial charge in [-0.1, -0.05) is 38.1 Å². The molecule has 2 heterocycles. The van der Waals surface area contributed by atoms with Gasteiger partial charge in [-0.3, -0.25) is 0 Å². The Bertz CT molecular complexity index is 552. The number of aryl methyl sites for hydroxylation is 1. The van der Waals surface area contributed by atoms with Crippen LogP contribution in [0.4, 0.5) is 0 Å². The van der Waals surface area contributed by atoms with Crippen LogP contribution in [0.25, 0.3) is 0 Å². The van der Waals surface area contributed by atoms with Crippen LogP contribution in [0.15, 0.2) is 24.3 Å². The van der Waals surface area contributed by atoms with Crippen LogP contribution in [0.1, 0.15) is 63.7 Å². The van der Waals surface area contributed by atoms with Crippen molar-refractivity contribution in [1.82, 2.24) is 0 Å². The molecule has 0 N–H and O–H groups in total. The molecular formula is C19H26O2. The van der Waals surface area contributed by atoms with Crippen molar-refractivity contribution in [3.8, 4) is 0 Å². The predicted octanol–water partition coefficient (Wildman–Crippen LogP) is 4.43. The lowest BCUT2D eigenvalue weighted by Gasteiger charge is -2.33. The Morgan fingerprint density at radius 1 is 1.24 bits per heavy atom. The van der Waals surface area contributed by atoms with Crippen molar-refractivity contribution in [3.63, 3.8) is 0 Å². The standard InChI is InChI=1S/C19H26O2/c1-13(2)19-11-10-18(3,21-19)17(12-19)20-16-9-8-14-6-4-5-7-15(14)16/h4-7,13,16-17H,8-12H2,1-3H3. The summed E-state index contributed by atoms with van der Waals surface area (Å²) in [6.07, 6.45) is 6.22. The maximum Gasteiger partial charge on any atom is 0.0925 e. The van der Waals surface area contributed by atoms with E-state index in [-0.39, 0.29) is 23.4 Å². The average Bonchev–Trinajstić information content (AvgIpc) is 3.10. The van der Waals surface area contributed by atoms with E-state index >= 15 is 0 Å². The summed E-state index contributed by atoms with van der Waals surface area (Å²) in [5, 5.41) is 0. The van der Waals surface area contributed by atoms with Crippen molar-refractivity contribution in [2.75, 3.05) is 0 Å². The highest BCUT2D eigenvalue weighted by atomic mass is 16.6. The molecule has 3 aliphatic rings. The van der Waals surface area contributed by atoms with Gasteiger partial charge in [0.1, 0.15) is 0 Å². The highest BCUT2D eigenvalue weighted by molar-refractivity contribution is 5.33. The SMILES string of the molecule is CC(C)C12CCC(C)(O1)C(OC1CCc3ccccc31)C2. The van der Waals surface area contributed by atoms with Crippen LogP contribution < -0.4 is 0 Å². The maximum absolute atomic E-state index is 6.59. The van der Waals surface area contributed by atoms with Crippen LogP contribution in [-0.2, 0) is 15.9 Å². The molecule has 0 amide bonds. The fraction of sp³-hybridized carbons (Fsp3) is 0.684. The first-order chi connectivity index (χ1) is 10.0. The van der Waals surface area contributed by atoms with E-state index < -0.39 is 0 Å². The molecule has 2 saturated heterocycles. The predicted molar refractivity (Wildman–Crippen MR) is 83.3 cm³/mol. The summed E-state index contributed by atoms with van der Waals surface area (Å²) in [7, 11) is 0. The highest BCUT2D eigenvalue weighted by Crippen LogP contribution is 2.56. The van der Waals surface area contributed by atoms with Crippen molar-refractivity contribution in [1.29, 1.82) is 0 Å². The summed E-state index contributed by atoms with van der Waals surface area (Å²) in [4.78, 5) is 0. The molecule has 0 spiro atoms. The first kappa shape index (κ1) is 13.8. The van der Waals surface area contributed by atoms with Crippen molar-refractivity contribution < 1.29 is 9.47 Å². The topological polar surface area (TPSA) is 18.5 Å². The summed E-state index contributed by atoms with van der Waals surface area (Å²) in [5.74, 6) is 0.573. The fourth-order valence-corrected chi connectivity index (χ4v) is 4.62. The summed E-state index contributed by atoms with van der Waals surface area (Å²) in [5.41, 5.74) is 2.87. The minimum Gasteiger partial charge on any atom is -0.367 e. The minimum atomic E-state index is -0.0677. The van der Waals surface area contributed by atoms with Crippen molar-refractivity contribution >= 4 is 0 Å². The quantitative estimate of drug-likeness (QED) is 0.818. The first-order valence-corrected chi connectivity index (χ1v) is 8.46. The first-order valence-electron chi connectivity index (χ1n) is 8.46. The van der Waals surface area contributed by atoms with Crippen LogP contribution in [0.2, 0.25) is 0 Å². The van der Waals surface area contributed by atoms with Gasteiger partial charge >= 0.3 is 0 Å². The van der Waals surface area contributed by atoms with Gasteiger partial charge in [-0.05, 0) is 49.7 Å². The van der Waals surface area contributed by atoms with Gasteiger partial charge in [-0.2, -0.15) is 0 Å². The summed E-state index contributed by atoms with van der Waals surface area (Å²) in [6, 6.07) is 8.75.